The van der Waals surface area contributed by atoms with E-state index in [9.17, 15) is 9.59 Å². The maximum absolute atomic E-state index is 12.3. The van der Waals surface area contributed by atoms with Crippen LogP contribution in [0.15, 0.2) is 36.4 Å². The van der Waals surface area contributed by atoms with Crippen molar-refractivity contribution in [2.75, 3.05) is 37.9 Å². The molecule has 0 bridgehead atoms. The van der Waals surface area contributed by atoms with Crippen molar-refractivity contribution >= 4 is 40.5 Å². The molecular weight excluding hydrogens is 458 g/mol. The fraction of sp³-hybridized carbons (Fsp3) is 0.292. The summed E-state index contributed by atoms with van der Waals surface area (Å²) in [6.07, 6.45) is 0.633. The molecule has 0 aliphatic rings. The molecule has 180 valence electrons. The number of methoxy groups -OCH3 is 2. The molecule has 10 heteroatoms. The summed E-state index contributed by atoms with van der Waals surface area (Å²) in [6, 6.07) is 10.7. The van der Waals surface area contributed by atoms with Crippen LogP contribution in [0, 0.1) is 6.92 Å². The van der Waals surface area contributed by atoms with Gasteiger partial charge >= 0.3 is 0 Å². The molecule has 1 aromatic heterocycles. The number of nitrogens with one attached hydrogen (secondary N) is 4. The largest absolute Gasteiger partial charge is 0.493 e. The van der Waals surface area contributed by atoms with Gasteiger partial charge in [-0.2, -0.15) is 5.10 Å². The summed E-state index contributed by atoms with van der Waals surface area (Å²) in [5, 5.41) is 16.3. The molecule has 3 aromatic rings. The Bertz CT molecular complexity index is 1180. The predicted molar refractivity (Wildman–Crippen MR) is 133 cm³/mol. The lowest BCUT2D eigenvalue weighted by molar-refractivity contribution is -0.119. The first-order valence-corrected chi connectivity index (χ1v) is 11.0. The van der Waals surface area contributed by atoms with Gasteiger partial charge in [-0.3, -0.25) is 14.7 Å². The molecule has 0 radical (unpaired) electrons. The van der Waals surface area contributed by atoms with Crippen LogP contribution in [0.25, 0.3) is 0 Å². The number of nitrogens with zero attached hydrogens (tertiary/aromatic N) is 1. The van der Waals surface area contributed by atoms with Crippen LogP contribution in [0.1, 0.15) is 28.5 Å². The SMILES string of the molecule is COc1ccc(CCNC(=O)CNc2cc(C(C)=O)c(Nc3cc(C)[nH]n3)cc2Cl)cc1OC. The van der Waals surface area contributed by atoms with Crippen LogP contribution in [0.3, 0.4) is 0 Å². The summed E-state index contributed by atoms with van der Waals surface area (Å²) in [6.45, 7) is 3.81. The van der Waals surface area contributed by atoms with E-state index >= 15 is 0 Å². The lowest BCUT2D eigenvalue weighted by atomic mass is 10.1. The number of ether oxygens (including phenoxy) is 2. The van der Waals surface area contributed by atoms with Gasteiger partial charge in [0.25, 0.3) is 0 Å². The quantitative estimate of drug-likeness (QED) is 0.302. The third kappa shape index (κ3) is 6.41. The highest BCUT2D eigenvalue weighted by molar-refractivity contribution is 6.34. The van der Waals surface area contributed by atoms with Crippen LogP contribution >= 0.6 is 11.6 Å². The molecule has 1 heterocycles. The minimum atomic E-state index is -0.199. The van der Waals surface area contributed by atoms with Gasteiger partial charge in [-0.15, -0.1) is 0 Å². The topological polar surface area (TPSA) is 117 Å². The Kier molecular flexibility index (Phi) is 8.37. The summed E-state index contributed by atoms with van der Waals surface area (Å²) >= 11 is 6.40. The van der Waals surface area contributed by atoms with E-state index in [4.69, 9.17) is 21.1 Å². The van der Waals surface area contributed by atoms with Crippen LogP contribution in [0.2, 0.25) is 5.02 Å². The molecule has 9 nitrogen and oxygen atoms in total. The zero-order valence-electron chi connectivity index (χ0n) is 19.5. The molecule has 0 aliphatic carbocycles. The van der Waals surface area contributed by atoms with Gasteiger partial charge in [0, 0.05) is 23.9 Å². The van der Waals surface area contributed by atoms with Crippen molar-refractivity contribution in [3.63, 3.8) is 0 Å². The molecule has 1 amide bonds. The standard InChI is InChI=1S/C24H28ClN5O4/c1-14-9-23(30-29-14)28-19-12-18(25)20(11-17(19)15(2)31)27-13-24(32)26-8-7-16-5-6-21(33-3)22(10-16)34-4/h5-6,9-12,27H,7-8,13H2,1-4H3,(H,26,32)(H2,28,29,30). The molecular formula is C24H28ClN5O4. The van der Waals surface area contributed by atoms with Crippen molar-refractivity contribution < 1.29 is 19.1 Å². The fourth-order valence-corrected chi connectivity index (χ4v) is 3.57. The highest BCUT2D eigenvalue weighted by atomic mass is 35.5. The molecule has 4 N–H and O–H groups in total. The van der Waals surface area contributed by atoms with Crippen LogP contribution in [0.5, 0.6) is 11.5 Å². The normalized spacial score (nSPS) is 10.5. The number of benzene rings is 2. The van der Waals surface area contributed by atoms with E-state index in [1.165, 1.54) is 6.92 Å². The Morgan fingerprint density at radius 1 is 1.06 bits per heavy atom. The maximum Gasteiger partial charge on any atom is 0.239 e. The summed E-state index contributed by atoms with van der Waals surface area (Å²) in [5.41, 5.74) is 3.35. The van der Waals surface area contributed by atoms with E-state index in [-0.39, 0.29) is 18.2 Å². The van der Waals surface area contributed by atoms with Gasteiger partial charge in [0.2, 0.25) is 5.91 Å². The number of aromatic nitrogens is 2. The number of ketones is 1. The number of aromatic amines is 1. The number of hydrogen-bond acceptors (Lipinski definition) is 7. The Balaban J connectivity index is 1.57. The minimum Gasteiger partial charge on any atom is -0.493 e. The molecule has 0 unspecified atom stereocenters. The number of halogens is 1. The molecule has 0 saturated heterocycles. The van der Waals surface area contributed by atoms with Crippen LogP contribution in [-0.2, 0) is 11.2 Å². The summed E-state index contributed by atoms with van der Waals surface area (Å²) in [5.74, 6) is 1.53. The molecule has 34 heavy (non-hydrogen) atoms. The van der Waals surface area contributed by atoms with Crippen molar-refractivity contribution in [2.45, 2.75) is 20.3 Å². The predicted octanol–water partition coefficient (Wildman–Crippen LogP) is 4.11. The smallest absolute Gasteiger partial charge is 0.239 e. The first kappa shape index (κ1) is 24.9. The molecule has 0 fully saturated rings. The Morgan fingerprint density at radius 3 is 2.47 bits per heavy atom. The highest BCUT2D eigenvalue weighted by Gasteiger charge is 2.14. The zero-order chi connectivity index (χ0) is 24.7. The van der Waals surface area contributed by atoms with Crippen LogP contribution < -0.4 is 25.4 Å². The lowest BCUT2D eigenvalue weighted by Crippen LogP contribution is -2.31. The second-order valence-corrected chi connectivity index (χ2v) is 8.05. The van der Waals surface area contributed by atoms with Crippen molar-refractivity contribution in [1.29, 1.82) is 0 Å². The van der Waals surface area contributed by atoms with Gasteiger partial charge in [0.1, 0.15) is 0 Å². The van der Waals surface area contributed by atoms with Gasteiger partial charge in [-0.1, -0.05) is 17.7 Å². The first-order chi connectivity index (χ1) is 16.3. The monoisotopic (exact) mass is 485 g/mol. The van der Waals surface area contributed by atoms with Crippen molar-refractivity contribution in [3.8, 4) is 11.5 Å². The third-order valence-electron chi connectivity index (χ3n) is 5.08. The Hall–Kier alpha value is -3.72. The van der Waals surface area contributed by atoms with Gasteiger partial charge in [0.15, 0.2) is 23.1 Å². The van der Waals surface area contributed by atoms with Gasteiger partial charge in [-0.25, -0.2) is 0 Å². The molecule has 0 spiro atoms. The fourth-order valence-electron chi connectivity index (χ4n) is 3.34. The van der Waals surface area contributed by atoms with E-state index in [0.29, 0.717) is 52.2 Å². The zero-order valence-corrected chi connectivity index (χ0v) is 20.3. The average molecular weight is 486 g/mol. The second kappa shape index (κ2) is 11.4. The van der Waals surface area contributed by atoms with Crippen molar-refractivity contribution in [2.24, 2.45) is 0 Å². The Morgan fingerprint density at radius 2 is 1.82 bits per heavy atom. The van der Waals surface area contributed by atoms with Gasteiger partial charge in [-0.05, 0) is 50.1 Å². The van der Waals surface area contributed by atoms with Crippen LogP contribution in [0.4, 0.5) is 17.2 Å². The molecule has 2 aromatic carbocycles. The molecule has 0 aliphatic heterocycles. The first-order valence-electron chi connectivity index (χ1n) is 10.7. The van der Waals surface area contributed by atoms with Gasteiger partial charge < -0.3 is 25.4 Å². The van der Waals surface area contributed by atoms with E-state index < -0.39 is 0 Å². The highest BCUT2D eigenvalue weighted by Crippen LogP contribution is 2.31. The van der Waals surface area contributed by atoms with Crippen molar-refractivity contribution in [1.82, 2.24) is 15.5 Å². The van der Waals surface area contributed by atoms with E-state index in [1.54, 1.807) is 26.4 Å². The molecule has 3 rings (SSSR count). The number of aryl methyl sites for hydroxylation is 1. The minimum absolute atomic E-state index is 0.00827. The number of carbonyl (C=O) groups excluding carboxylic acids is 2. The van der Waals surface area contributed by atoms with Gasteiger partial charge in [0.05, 0.1) is 37.2 Å². The molecule has 0 saturated carbocycles. The number of carbonyl (C=O) groups is 2. The van der Waals surface area contributed by atoms with E-state index in [1.807, 2.05) is 31.2 Å². The lowest BCUT2D eigenvalue weighted by Gasteiger charge is -2.14. The second-order valence-electron chi connectivity index (χ2n) is 7.64. The number of rotatable bonds is 11. The number of H-pyrrole nitrogens is 1. The third-order valence-corrected chi connectivity index (χ3v) is 5.39. The molecule has 0 atom stereocenters. The van der Waals surface area contributed by atoms with Crippen molar-refractivity contribution in [3.05, 3.63) is 58.2 Å². The average Bonchev–Trinajstić information content (AvgIpc) is 3.22. The number of anilines is 3. The maximum atomic E-state index is 12.3. The van der Waals surface area contributed by atoms with Crippen LogP contribution in [-0.4, -0.2) is 49.2 Å². The Labute approximate surface area is 203 Å². The van der Waals surface area contributed by atoms with E-state index in [2.05, 4.69) is 26.1 Å². The summed E-state index contributed by atoms with van der Waals surface area (Å²) in [7, 11) is 3.17. The summed E-state index contributed by atoms with van der Waals surface area (Å²) in [4.78, 5) is 24.5. The number of Topliss-reactive ketones (excluding diaryl/α,β-unsaturated/α-hetero) is 1. The summed E-state index contributed by atoms with van der Waals surface area (Å²) < 4.78 is 10.5. The van der Waals surface area contributed by atoms with E-state index in [0.717, 1.165) is 11.3 Å². The number of amides is 1. The number of hydrogen-bond donors (Lipinski definition) is 4.